The fraction of sp³-hybridized carbons (Fsp3) is 0.500. The highest BCUT2D eigenvalue weighted by Crippen LogP contribution is 2.47. The average Bonchev–Trinajstić information content (AvgIpc) is 3.30. The van der Waals surface area contributed by atoms with Gasteiger partial charge in [0.15, 0.2) is 0 Å². The Morgan fingerprint density at radius 3 is 2.71 bits per heavy atom. The Hall–Kier alpha value is -1.52. The molecule has 9 heteroatoms. The Kier molecular flexibility index (Phi) is 6.42. The Morgan fingerprint density at radius 2 is 1.97 bits per heavy atom. The van der Waals surface area contributed by atoms with E-state index in [1.165, 1.54) is 0 Å². The van der Waals surface area contributed by atoms with Crippen LogP contribution in [0.25, 0.3) is 0 Å². The zero-order chi connectivity index (χ0) is 22.3. The summed E-state index contributed by atoms with van der Waals surface area (Å²) in [6, 6.07) is 7.64. The van der Waals surface area contributed by atoms with Crippen molar-refractivity contribution in [2.75, 3.05) is 0 Å². The second kappa shape index (κ2) is 8.78. The third-order valence-corrected chi connectivity index (χ3v) is 7.39. The molecule has 0 aliphatic carbocycles. The number of aliphatic hydroxyl groups excluding tert-OH is 3. The van der Waals surface area contributed by atoms with Gasteiger partial charge in [-0.3, -0.25) is 4.79 Å². The van der Waals surface area contributed by atoms with E-state index in [2.05, 4.69) is 0 Å². The molecule has 2 aromatic rings. The molecule has 0 unspecified atom stereocenters. The van der Waals surface area contributed by atoms with E-state index in [0.717, 1.165) is 20.9 Å². The molecule has 2 aliphatic heterocycles. The summed E-state index contributed by atoms with van der Waals surface area (Å²) < 4.78 is 11.7. The lowest BCUT2D eigenvalue weighted by Crippen LogP contribution is -2.62. The van der Waals surface area contributed by atoms with Crippen molar-refractivity contribution in [3.8, 4) is 0 Å². The van der Waals surface area contributed by atoms with Crippen LogP contribution in [0.4, 0.5) is 0 Å². The van der Waals surface area contributed by atoms with E-state index in [9.17, 15) is 20.1 Å². The molecule has 4 N–H and O–H groups in total. The van der Waals surface area contributed by atoms with Crippen LogP contribution in [-0.4, -0.2) is 50.8 Å². The molecule has 168 valence electrons. The highest BCUT2D eigenvalue weighted by molar-refractivity contribution is 7.12. The van der Waals surface area contributed by atoms with Gasteiger partial charge in [0, 0.05) is 33.2 Å². The smallest absolute Gasteiger partial charge is 0.303 e. The molecule has 4 rings (SSSR count). The summed E-state index contributed by atoms with van der Waals surface area (Å²) in [4.78, 5) is 12.9. The molecule has 1 saturated heterocycles. The zero-order valence-electron chi connectivity index (χ0n) is 17.0. The number of carboxylic acids is 1. The molecule has 0 bridgehead atoms. The minimum absolute atomic E-state index is 0.146. The highest BCUT2D eigenvalue weighted by atomic mass is 35.5. The number of hydrogen-bond acceptors (Lipinski definition) is 7. The van der Waals surface area contributed by atoms with Crippen molar-refractivity contribution in [2.24, 2.45) is 0 Å². The number of aliphatic carboxylic acids is 1. The van der Waals surface area contributed by atoms with Crippen LogP contribution in [0, 0.1) is 0 Å². The van der Waals surface area contributed by atoms with E-state index in [0.29, 0.717) is 29.8 Å². The normalized spacial score (nSPS) is 30.0. The highest BCUT2D eigenvalue weighted by Gasteiger charge is 2.57. The number of thiophene rings is 1. The summed E-state index contributed by atoms with van der Waals surface area (Å²) in [7, 11) is 0. The van der Waals surface area contributed by atoms with Gasteiger partial charge in [0.2, 0.25) is 5.79 Å². The summed E-state index contributed by atoms with van der Waals surface area (Å²) in [5.41, 5.74) is 2.20. The van der Waals surface area contributed by atoms with E-state index < -0.39 is 36.2 Å². The molecule has 5 atom stereocenters. The Balaban J connectivity index is 1.58. The standard InChI is InChI=1S/C22H25ClO7S/c1-11-19(26)20(27)21(28)22(30-11)16-8-12(17(23)9-13(16)10-29-22)7-15-6-5-14(31-15)3-2-4-18(24)25/h5-6,8-9,11,19-21,26-28H,2-4,7,10H2,1H3,(H,24,25)/t11-,19-,20+,21-,22+/m1/s1. The molecule has 1 spiro atoms. The van der Waals surface area contributed by atoms with Gasteiger partial charge in [-0.25, -0.2) is 0 Å². The summed E-state index contributed by atoms with van der Waals surface area (Å²) in [5.74, 6) is -2.35. The number of carboxylic acid groups (broad SMARTS) is 1. The molecule has 3 heterocycles. The first-order valence-corrected chi connectivity index (χ1v) is 11.4. The fourth-order valence-corrected chi connectivity index (χ4v) is 5.54. The van der Waals surface area contributed by atoms with Crippen molar-refractivity contribution in [1.29, 1.82) is 0 Å². The largest absolute Gasteiger partial charge is 0.481 e. The molecule has 0 saturated carbocycles. The van der Waals surface area contributed by atoms with Gasteiger partial charge in [-0.1, -0.05) is 11.6 Å². The molecular weight excluding hydrogens is 444 g/mol. The van der Waals surface area contributed by atoms with Crippen LogP contribution in [0.3, 0.4) is 0 Å². The molecule has 1 aromatic carbocycles. The number of rotatable bonds is 6. The lowest BCUT2D eigenvalue weighted by atomic mass is 9.87. The van der Waals surface area contributed by atoms with Crippen LogP contribution in [0.15, 0.2) is 24.3 Å². The maximum atomic E-state index is 10.7. The Bertz CT molecular complexity index is 977. The van der Waals surface area contributed by atoms with Crippen molar-refractivity contribution in [3.63, 3.8) is 0 Å². The van der Waals surface area contributed by atoms with Gasteiger partial charge in [-0.2, -0.15) is 0 Å². The quantitative estimate of drug-likeness (QED) is 0.514. The zero-order valence-corrected chi connectivity index (χ0v) is 18.5. The summed E-state index contributed by atoms with van der Waals surface area (Å²) >= 11 is 8.13. The number of fused-ring (bicyclic) bond motifs is 2. The Morgan fingerprint density at radius 1 is 1.23 bits per heavy atom. The molecule has 31 heavy (non-hydrogen) atoms. The summed E-state index contributed by atoms with van der Waals surface area (Å²) in [6.07, 6.45) is -2.79. The summed E-state index contributed by atoms with van der Waals surface area (Å²) in [5, 5.41) is 40.4. The predicted octanol–water partition coefficient (Wildman–Crippen LogP) is 2.58. The lowest BCUT2D eigenvalue weighted by molar-refractivity contribution is -0.362. The van der Waals surface area contributed by atoms with E-state index in [-0.39, 0.29) is 13.0 Å². The van der Waals surface area contributed by atoms with Crippen LogP contribution in [0.1, 0.15) is 46.2 Å². The Labute approximate surface area is 188 Å². The van der Waals surface area contributed by atoms with Gasteiger partial charge in [-0.15, -0.1) is 11.3 Å². The van der Waals surface area contributed by atoms with Gasteiger partial charge in [0.1, 0.15) is 18.3 Å². The maximum Gasteiger partial charge on any atom is 0.303 e. The second-order valence-electron chi connectivity index (χ2n) is 8.10. The van der Waals surface area contributed by atoms with Gasteiger partial charge in [0.05, 0.1) is 12.7 Å². The second-order valence-corrected chi connectivity index (χ2v) is 9.76. The van der Waals surface area contributed by atoms with Crippen molar-refractivity contribution in [1.82, 2.24) is 0 Å². The molecular formula is C22H25ClO7S. The monoisotopic (exact) mass is 468 g/mol. The topological polar surface area (TPSA) is 116 Å². The number of aryl methyl sites for hydroxylation is 1. The molecule has 7 nitrogen and oxygen atoms in total. The van der Waals surface area contributed by atoms with Crippen molar-refractivity contribution in [3.05, 3.63) is 55.7 Å². The number of benzene rings is 1. The van der Waals surface area contributed by atoms with E-state index in [4.69, 9.17) is 26.2 Å². The van der Waals surface area contributed by atoms with Gasteiger partial charge in [0.25, 0.3) is 0 Å². The van der Waals surface area contributed by atoms with Gasteiger partial charge < -0.3 is 29.9 Å². The molecule has 1 fully saturated rings. The lowest BCUT2D eigenvalue weighted by Gasteiger charge is -2.45. The summed E-state index contributed by atoms with van der Waals surface area (Å²) in [6.45, 7) is 1.80. The van der Waals surface area contributed by atoms with Crippen molar-refractivity contribution < 1.29 is 34.7 Å². The van der Waals surface area contributed by atoms with Crippen LogP contribution < -0.4 is 0 Å². The molecule has 0 radical (unpaired) electrons. The molecule has 1 aromatic heterocycles. The minimum Gasteiger partial charge on any atom is -0.481 e. The SMILES string of the molecule is C[C@H]1O[C@]2(OCc3cc(Cl)c(Cc4ccc(CCCC(=O)O)s4)cc32)[C@H](O)[C@@H](O)[C@@H]1O. The average molecular weight is 469 g/mol. The molecule has 2 aliphatic rings. The van der Waals surface area contributed by atoms with Crippen molar-refractivity contribution in [2.45, 2.75) is 69.4 Å². The van der Waals surface area contributed by atoms with Gasteiger partial charge in [-0.05, 0) is 55.2 Å². The first kappa shape index (κ1) is 22.7. The van der Waals surface area contributed by atoms with Gasteiger partial charge >= 0.3 is 5.97 Å². The number of aliphatic hydroxyl groups is 3. The first-order valence-electron chi connectivity index (χ1n) is 10.2. The fourth-order valence-electron chi connectivity index (χ4n) is 4.20. The first-order chi connectivity index (χ1) is 14.7. The predicted molar refractivity (Wildman–Crippen MR) is 114 cm³/mol. The van der Waals surface area contributed by atoms with Crippen LogP contribution >= 0.6 is 22.9 Å². The number of halogens is 1. The third kappa shape index (κ3) is 4.26. The van der Waals surface area contributed by atoms with Crippen LogP contribution in [0.2, 0.25) is 5.02 Å². The minimum atomic E-state index is -1.55. The van der Waals surface area contributed by atoms with Crippen LogP contribution in [0.5, 0.6) is 0 Å². The number of ether oxygens (including phenoxy) is 2. The van der Waals surface area contributed by atoms with E-state index in [1.807, 2.05) is 18.2 Å². The maximum absolute atomic E-state index is 10.7. The van der Waals surface area contributed by atoms with E-state index >= 15 is 0 Å². The van der Waals surface area contributed by atoms with Crippen molar-refractivity contribution >= 4 is 28.9 Å². The number of carbonyl (C=O) groups is 1. The number of hydrogen-bond donors (Lipinski definition) is 4. The van der Waals surface area contributed by atoms with E-state index in [1.54, 1.807) is 24.3 Å². The van der Waals surface area contributed by atoms with Crippen LogP contribution in [-0.2, 0) is 39.5 Å². The molecule has 0 amide bonds. The third-order valence-electron chi connectivity index (χ3n) is 5.89.